The molecule has 3 nitrogen and oxygen atoms in total. The van der Waals surface area contributed by atoms with Crippen LogP contribution in [0.15, 0.2) is 24.3 Å². The van der Waals surface area contributed by atoms with Crippen LogP contribution in [-0.2, 0) is 4.74 Å². The Hall–Kier alpha value is -1.06. The number of nitrogens with one attached hydrogen (secondary N) is 1. The highest BCUT2D eigenvalue weighted by atomic mass is 16.5. The minimum atomic E-state index is 0.458. The van der Waals surface area contributed by atoms with Gasteiger partial charge >= 0.3 is 0 Å². The Morgan fingerprint density at radius 2 is 1.76 bits per heavy atom. The summed E-state index contributed by atoms with van der Waals surface area (Å²) in [7, 11) is 1.76. The summed E-state index contributed by atoms with van der Waals surface area (Å²) < 4.78 is 5.25. The second kappa shape index (κ2) is 9.80. The van der Waals surface area contributed by atoms with Gasteiger partial charge in [0.15, 0.2) is 0 Å². The number of hydrogen-bond acceptors (Lipinski definition) is 3. The van der Waals surface area contributed by atoms with E-state index in [0.29, 0.717) is 12.1 Å². The monoisotopic (exact) mass is 292 g/mol. The van der Waals surface area contributed by atoms with Crippen LogP contribution < -0.4 is 10.2 Å². The zero-order chi connectivity index (χ0) is 15.7. The summed E-state index contributed by atoms with van der Waals surface area (Å²) in [5, 5.41) is 3.53. The molecule has 0 amide bonds. The van der Waals surface area contributed by atoms with Crippen LogP contribution in [0.1, 0.15) is 52.1 Å². The molecule has 0 spiro atoms. The maximum atomic E-state index is 5.25. The average Bonchev–Trinajstić information content (AvgIpc) is 2.53. The molecule has 0 fully saturated rings. The van der Waals surface area contributed by atoms with Gasteiger partial charge in [0, 0.05) is 31.4 Å². The number of hydrogen-bond donors (Lipinski definition) is 1. The van der Waals surface area contributed by atoms with Crippen LogP contribution in [0.25, 0.3) is 0 Å². The first-order valence-corrected chi connectivity index (χ1v) is 8.26. The number of rotatable bonds is 10. The maximum absolute atomic E-state index is 5.25. The Balaban J connectivity index is 2.85. The SMILES string of the molecule is CCNC(CC)c1ccc(N(CCOC)C(C)CC)cc1. The lowest BCUT2D eigenvalue weighted by Gasteiger charge is -2.31. The van der Waals surface area contributed by atoms with Crippen molar-refractivity contribution in [1.29, 1.82) is 0 Å². The van der Waals surface area contributed by atoms with Crippen molar-refractivity contribution >= 4 is 5.69 Å². The summed E-state index contributed by atoms with van der Waals surface area (Å²) in [4.78, 5) is 2.43. The van der Waals surface area contributed by atoms with Gasteiger partial charge in [0.1, 0.15) is 0 Å². The number of methoxy groups -OCH3 is 1. The molecule has 1 rings (SSSR count). The van der Waals surface area contributed by atoms with Crippen molar-refractivity contribution in [2.45, 2.75) is 52.6 Å². The first-order chi connectivity index (χ1) is 10.2. The molecule has 0 aliphatic heterocycles. The Kier molecular flexibility index (Phi) is 8.40. The lowest BCUT2D eigenvalue weighted by molar-refractivity contribution is 0.203. The van der Waals surface area contributed by atoms with E-state index in [1.165, 1.54) is 11.3 Å². The fourth-order valence-corrected chi connectivity index (χ4v) is 2.66. The summed E-state index contributed by atoms with van der Waals surface area (Å²) >= 11 is 0. The van der Waals surface area contributed by atoms with Crippen molar-refractivity contribution < 1.29 is 4.74 Å². The van der Waals surface area contributed by atoms with Gasteiger partial charge in [-0.2, -0.15) is 0 Å². The molecule has 0 aliphatic carbocycles. The van der Waals surface area contributed by atoms with Crippen LogP contribution >= 0.6 is 0 Å². The van der Waals surface area contributed by atoms with Gasteiger partial charge in [-0.3, -0.25) is 0 Å². The Morgan fingerprint density at radius 1 is 1.10 bits per heavy atom. The van der Waals surface area contributed by atoms with Crippen molar-refractivity contribution in [2.75, 3.05) is 31.7 Å². The molecule has 1 aromatic carbocycles. The summed E-state index contributed by atoms with van der Waals surface area (Å²) in [5.74, 6) is 0. The number of nitrogens with zero attached hydrogens (tertiary/aromatic N) is 1. The van der Waals surface area contributed by atoms with E-state index in [2.05, 4.69) is 62.2 Å². The molecule has 0 aromatic heterocycles. The van der Waals surface area contributed by atoms with E-state index < -0.39 is 0 Å². The van der Waals surface area contributed by atoms with Gasteiger partial charge in [-0.15, -0.1) is 0 Å². The quantitative estimate of drug-likeness (QED) is 0.705. The van der Waals surface area contributed by atoms with Gasteiger partial charge in [0.05, 0.1) is 6.61 Å². The second-order valence-corrected chi connectivity index (χ2v) is 5.55. The molecular formula is C18H32N2O. The number of ether oxygens (including phenoxy) is 1. The summed E-state index contributed by atoms with van der Waals surface area (Å²) in [6.45, 7) is 11.6. The molecule has 2 unspecified atom stereocenters. The van der Waals surface area contributed by atoms with Crippen LogP contribution in [0.5, 0.6) is 0 Å². The Labute approximate surface area is 130 Å². The van der Waals surface area contributed by atoms with Crippen LogP contribution in [0, 0.1) is 0 Å². The van der Waals surface area contributed by atoms with Gasteiger partial charge in [-0.25, -0.2) is 0 Å². The number of benzene rings is 1. The van der Waals surface area contributed by atoms with E-state index in [9.17, 15) is 0 Å². The normalized spacial score (nSPS) is 14.0. The van der Waals surface area contributed by atoms with E-state index in [1.807, 2.05) is 0 Å². The van der Waals surface area contributed by atoms with Gasteiger partial charge < -0.3 is 15.0 Å². The highest BCUT2D eigenvalue weighted by molar-refractivity contribution is 5.49. The van der Waals surface area contributed by atoms with E-state index in [1.54, 1.807) is 7.11 Å². The zero-order valence-corrected chi connectivity index (χ0v) is 14.4. The van der Waals surface area contributed by atoms with E-state index in [0.717, 1.165) is 32.5 Å². The first kappa shape index (κ1) is 18.0. The molecule has 1 N–H and O–H groups in total. The van der Waals surface area contributed by atoms with Gasteiger partial charge in [0.2, 0.25) is 0 Å². The lowest BCUT2D eigenvalue weighted by Crippen LogP contribution is -2.35. The average molecular weight is 292 g/mol. The molecule has 3 heteroatoms. The summed E-state index contributed by atoms with van der Waals surface area (Å²) in [6.07, 6.45) is 2.26. The van der Waals surface area contributed by atoms with Crippen molar-refractivity contribution in [2.24, 2.45) is 0 Å². The fourth-order valence-electron chi connectivity index (χ4n) is 2.66. The maximum Gasteiger partial charge on any atom is 0.0637 e. The standard InChI is InChI=1S/C18H32N2O/c1-6-15(4)20(13-14-21-5)17-11-9-16(10-12-17)18(7-2)19-8-3/h9-12,15,18-19H,6-8,13-14H2,1-5H3. The minimum Gasteiger partial charge on any atom is -0.383 e. The smallest absolute Gasteiger partial charge is 0.0637 e. The molecular weight excluding hydrogens is 260 g/mol. The molecule has 120 valence electrons. The van der Waals surface area contributed by atoms with Gasteiger partial charge in [-0.05, 0) is 44.0 Å². The Morgan fingerprint density at radius 3 is 2.24 bits per heavy atom. The van der Waals surface area contributed by atoms with E-state index in [4.69, 9.17) is 4.74 Å². The van der Waals surface area contributed by atoms with E-state index >= 15 is 0 Å². The van der Waals surface area contributed by atoms with Gasteiger partial charge in [0.25, 0.3) is 0 Å². The Bertz CT molecular complexity index is 377. The predicted molar refractivity (Wildman–Crippen MR) is 92.1 cm³/mol. The first-order valence-electron chi connectivity index (χ1n) is 8.26. The third kappa shape index (κ3) is 5.33. The molecule has 0 bridgehead atoms. The minimum absolute atomic E-state index is 0.458. The van der Waals surface area contributed by atoms with Crippen LogP contribution in [0.3, 0.4) is 0 Å². The third-order valence-corrected chi connectivity index (χ3v) is 4.15. The van der Waals surface area contributed by atoms with Crippen molar-refractivity contribution in [1.82, 2.24) is 5.32 Å². The van der Waals surface area contributed by atoms with Crippen LogP contribution in [0.4, 0.5) is 5.69 Å². The van der Waals surface area contributed by atoms with E-state index in [-0.39, 0.29) is 0 Å². The molecule has 21 heavy (non-hydrogen) atoms. The van der Waals surface area contributed by atoms with Crippen molar-refractivity contribution in [3.8, 4) is 0 Å². The number of anilines is 1. The lowest BCUT2D eigenvalue weighted by atomic mass is 10.0. The summed E-state index contributed by atoms with van der Waals surface area (Å²) in [6, 6.07) is 10.00. The zero-order valence-electron chi connectivity index (χ0n) is 14.4. The molecule has 0 aliphatic rings. The topological polar surface area (TPSA) is 24.5 Å². The molecule has 1 aromatic rings. The predicted octanol–water partition coefficient (Wildman–Crippen LogP) is 4.00. The molecule has 0 saturated heterocycles. The highest BCUT2D eigenvalue weighted by Crippen LogP contribution is 2.23. The largest absolute Gasteiger partial charge is 0.383 e. The van der Waals surface area contributed by atoms with Gasteiger partial charge in [-0.1, -0.05) is 32.9 Å². The third-order valence-electron chi connectivity index (χ3n) is 4.15. The molecule has 0 heterocycles. The van der Waals surface area contributed by atoms with Crippen LogP contribution in [-0.4, -0.2) is 32.8 Å². The highest BCUT2D eigenvalue weighted by Gasteiger charge is 2.14. The fraction of sp³-hybridized carbons (Fsp3) is 0.667. The summed E-state index contributed by atoms with van der Waals surface area (Å²) in [5.41, 5.74) is 2.66. The molecule has 0 radical (unpaired) electrons. The second-order valence-electron chi connectivity index (χ2n) is 5.55. The van der Waals surface area contributed by atoms with Crippen molar-refractivity contribution in [3.05, 3.63) is 29.8 Å². The molecule has 2 atom stereocenters. The van der Waals surface area contributed by atoms with Crippen LogP contribution in [0.2, 0.25) is 0 Å². The van der Waals surface area contributed by atoms with Crippen molar-refractivity contribution in [3.63, 3.8) is 0 Å². The molecule has 0 saturated carbocycles.